The number of nitrogens with zero attached hydrogens (tertiary/aromatic N) is 1. The van der Waals surface area contributed by atoms with Crippen LogP contribution in [0, 0.1) is 19.8 Å². The maximum absolute atomic E-state index is 14.1. The van der Waals surface area contributed by atoms with E-state index >= 15 is 0 Å². The minimum absolute atomic E-state index is 0. The standard InChI is InChI=1S/C39H53N4O9P.2Na/c1-27(2)36(43-20-12-19-40-39(43)46)38(45)41-32(23-30-15-7-5-8-16-30)25-34(50-21-22-52-53(47,48)49)33(24-31-17-9-6-10-18-31)42-35(44)26-51-37-28(3)13-11-14-29(37)4;;/h5-11,13-18,27,32-34,36H,12,19-26H2,1-4H3,(H,40,46)(H,41,45)(H,42,44)(H2,47,48,49);;/q;2*+1/p-2/t32-,33-,34-,36-;;/m0../s1. The van der Waals surface area contributed by atoms with Crippen molar-refractivity contribution in [3.05, 3.63) is 101 Å². The maximum Gasteiger partial charge on any atom is 1.00 e. The monoisotopic (exact) mass is 796 g/mol. The first-order valence-corrected chi connectivity index (χ1v) is 19.5. The zero-order valence-corrected chi connectivity index (χ0v) is 37.7. The molecular formula is C39H51N4Na2O9P. The van der Waals surface area contributed by atoms with Gasteiger partial charge in [-0.1, -0.05) is 92.7 Å². The fourth-order valence-electron chi connectivity index (χ4n) is 6.63. The number of nitrogens with one attached hydrogen (secondary N) is 3. The van der Waals surface area contributed by atoms with Crippen molar-refractivity contribution in [1.29, 1.82) is 0 Å². The van der Waals surface area contributed by atoms with Crippen LogP contribution in [0.2, 0.25) is 0 Å². The molecule has 0 saturated carbocycles. The molecule has 0 unspecified atom stereocenters. The number of carbonyl (C=O) groups is 3. The number of ether oxygens (including phenoxy) is 2. The second kappa shape index (κ2) is 24.5. The molecule has 4 rings (SSSR count). The number of carbonyl (C=O) groups excluding carboxylic acids is 3. The maximum atomic E-state index is 14.1. The van der Waals surface area contributed by atoms with Crippen molar-refractivity contribution in [1.82, 2.24) is 20.9 Å². The molecule has 1 fully saturated rings. The Morgan fingerprint density at radius 3 is 2.04 bits per heavy atom. The molecule has 0 aromatic heterocycles. The number of urea groups is 1. The van der Waals surface area contributed by atoms with Crippen LogP contribution in [0.25, 0.3) is 0 Å². The fourth-order valence-corrected chi connectivity index (χ4v) is 6.93. The number of hydrogen-bond donors (Lipinski definition) is 3. The summed E-state index contributed by atoms with van der Waals surface area (Å²) in [5.41, 5.74) is 3.59. The third-order valence-corrected chi connectivity index (χ3v) is 9.55. The van der Waals surface area contributed by atoms with Crippen molar-refractivity contribution >= 4 is 25.7 Å². The Balaban J connectivity index is 0.00000523. The van der Waals surface area contributed by atoms with E-state index in [-0.39, 0.29) is 96.6 Å². The summed E-state index contributed by atoms with van der Waals surface area (Å²) in [6.45, 7) is 7.47. The molecule has 3 aromatic rings. The average Bonchev–Trinajstić information content (AvgIpc) is 3.10. The van der Waals surface area contributed by atoms with Gasteiger partial charge in [0.25, 0.3) is 5.91 Å². The first-order valence-electron chi connectivity index (χ1n) is 18.0. The summed E-state index contributed by atoms with van der Waals surface area (Å²) in [6.07, 6.45) is 0.765. The summed E-state index contributed by atoms with van der Waals surface area (Å²) < 4.78 is 27.9. The molecule has 4 amide bonds. The number of para-hydroxylation sites is 1. The molecular weight excluding hydrogens is 745 g/mol. The normalized spacial score (nSPS) is 15.0. The second-order valence-electron chi connectivity index (χ2n) is 13.7. The summed E-state index contributed by atoms with van der Waals surface area (Å²) >= 11 is 0. The number of rotatable bonds is 20. The Labute approximate surface area is 368 Å². The first-order chi connectivity index (χ1) is 25.3. The Bertz CT molecular complexity index is 1660. The molecule has 0 aliphatic carbocycles. The third kappa shape index (κ3) is 16.6. The molecule has 1 aliphatic rings. The van der Waals surface area contributed by atoms with Gasteiger partial charge in [0.2, 0.25) is 5.91 Å². The molecule has 1 heterocycles. The minimum atomic E-state index is -5.27. The van der Waals surface area contributed by atoms with Gasteiger partial charge < -0.3 is 49.2 Å². The minimum Gasteiger partial charge on any atom is -0.790 e. The van der Waals surface area contributed by atoms with Crippen LogP contribution in [0.1, 0.15) is 48.9 Å². The number of phosphoric ester groups is 1. The summed E-state index contributed by atoms with van der Waals surface area (Å²) in [7, 11) is -5.27. The SMILES string of the molecule is Cc1cccc(C)c1OCC(=O)N[C@@H](Cc1ccccc1)[C@H](C[C@H](Cc1ccccc1)NC(=O)[C@H](C(C)C)N1CCCNC1=O)OCCOP(=O)([O-])[O-].[Na+].[Na+]. The number of hydrogen-bond acceptors (Lipinski definition) is 9. The van der Waals surface area contributed by atoms with E-state index in [1.54, 1.807) is 4.90 Å². The van der Waals surface area contributed by atoms with E-state index in [1.807, 2.05) is 107 Å². The number of amides is 4. The zero-order chi connectivity index (χ0) is 38.4. The van der Waals surface area contributed by atoms with Gasteiger partial charge in [-0.25, -0.2) is 4.79 Å². The number of benzene rings is 3. The molecule has 4 atom stereocenters. The van der Waals surface area contributed by atoms with E-state index in [4.69, 9.17) is 9.47 Å². The molecule has 0 spiro atoms. The molecule has 13 nitrogen and oxygen atoms in total. The van der Waals surface area contributed by atoms with E-state index in [9.17, 15) is 28.7 Å². The molecule has 16 heteroatoms. The van der Waals surface area contributed by atoms with E-state index in [2.05, 4.69) is 20.5 Å². The van der Waals surface area contributed by atoms with Crippen LogP contribution in [-0.2, 0) is 36.3 Å². The van der Waals surface area contributed by atoms with Crippen LogP contribution in [0.15, 0.2) is 78.9 Å². The Hall–Kier alpha value is -2.26. The van der Waals surface area contributed by atoms with Crippen molar-refractivity contribution in [2.75, 3.05) is 32.9 Å². The number of phosphoric acid groups is 1. The van der Waals surface area contributed by atoms with E-state index in [0.29, 0.717) is 38.1 Å². The van der Waals surface area contributed by atoms with Gasteiger partial charge in [-0.3, -0.25) is 9.59 Å². The van der Waals surface area contributed by atoms with Crippen molar-refractivity contribution in [3.8, 4) is 5.75 Å². The van der Waals surface area contributed by atoms with Gasteiger partial charge in [-0.05, 0) is 67.7 Å². The quantitative estimate of drug-likeness (QED) is 0.0619. The molecule has 1 saturated heterocycles. The topological polar surface area (TPSA) is 181 Å². The molecule has 0 bridgehead atoms. The van der Waals surface area contributed by atoms with E-state index < -0.39 is 44.6 Å². The van der Waals surface area contributed by atoms with Crippen LogP contribution < -0.4 is 89.6 Å². The van der Waals surface area contributed by atoms with Crippen LogP contribution in [0.5, 0.6) is 5.75 Å². The summed E-state index contributed by atoms with van der Waals surface area (Å²) in [4.78, 5) is 64.6. The van der Waals surface area contributed by atoms with Gasteiger partial charge in [-0.15, -0.1) is 0 Å². The van der Waals surface area contributed by atoms with Crippen molar-refractivity contribution in [2.24, 2.45) is 5.92 Å². The molecule has 288 valence electrons. The predicted octanol–water partition coefficient (Wildman–Crippen LogP) is -2.79. The summed E-state index contributed by atoms with van der Waals surface area (Å²) in [6, 6.07) is 22.4. The van der Waals surface area contributed by atoms with Gasteiger partial charge in [0.05, 0.1) is 33.2 Å². The Morgan fingerprint density at radius 2 is 1.47 bits per heavy atom. The van der Waals surface area contributed by atoms with Crippen molar-refractivity contribution in [3.63, 3.8) is 0 Å². The van der Waals surface area contributed by atoms with Crippen molar-refractivity contribution < 1.29 is 102 Å². The molecule has 1 aliphatic heterocycles. The zero-order valence-electron chi connectivity index (χ0n) is 32.8. The summed E-state index contributed by atoms with van der Waals surface area (Å²) in [5, 5.41) is 9.09. The van der Waals surface area contributed by atoms with Gasteiger partial charge >= 0.3 is 65.1 Å². The Morgan fingerprint density at radius 1 is 0.873 bits per heavy atom. The van der Waals surface area contributed by atoms with Crippen LogP contribution in [0.3, 0.4) is 0 Å². The average molecular weight is 797 g/mol. The van der Waals surface area contributed by atoms with E-state index in [1.165, 1.54) is 0 Å². The van der Waals surface area contributed by atoms with Crippen LogP contribution in [-0.4, -0.2) is 79.9 Å². The van der Waals surface area contributed by atoms with E-state index in [0.717, 1.165) is 22.3 Å². The molecule has 3 N–H and O–H groups in total. The van der Waals surface area contributed by atoms with Crippen LogP contribution in [0.4, 0.5) is 4.79 Å². The number of aryl methyl sites for hydroxylation is 2. The molecule has 0 radical (unpaired) electrons. The van der Waals surface area contributed by atoms with Crippen molar-refractivity contribution in [2.45, 2.75) is 77.6 Å². The fraction of sp³-hybridized carbons (Fsp3) is 0.462. The first kappa shape index (κ1) is 48.9. The molecule has 55 heavy (non-hydrogen) atoms. The summed E-state index contributed by atoms with van der Waals surface area (Å²) in [5.74, 6) is -0.331. The van der Waals surface area contributed by atoms with Gasteiger partial charge in [0.1, 0.15) is 11.8 Å². The molecule has 3 aromatic carbocycles. The van der Waals surface area contributed by atoms with Gasteiger partial charge in [0.15, 0.2) is 6.61 Å². The smallest absolute Gasteiger partial charge is 0.790 e. The second-order valence-corrected chi connectivity index (χ2v) is 14.8. The van der Waals surface area contributed by atoms with Gasteiger partial charge in [-0.2, -0.15) is 0 Å². The Kier molecular flexibility index (Phi) is 21.8. The van der Waals surface area contributed by atoms with Crippen LogP contribution >= 0.6 is 7.82 Å². The predicted molar refractivity (Wildman–Crippen MR) is 197 cm³/mol. The largest absolute Gasteiger partial charge is 1.00 e. The van der Waals surface area contributed by atoms with Gasteiger partial charge in [0, 0.05) is 19.1 Å². The third-order valence-electron chi connectivity index (χ3n) is 9.05.